The fraction of sp³-hybridized carbons (Fsp3) is 0.741. The van der Waals surface area contributed by atoms with Gasteiger partial charge in [0.2, 0.25) is 17.7 Å². The van der Waals surface area contributed by atoms with Crippen molar-refractivity contribution >= 4 is 77.1 Å². The van der Waals surface area contributed by atoms with Gasteiger partial charge in [0.1, 0.15) is 0 Å². The summed E-state index contributed by atoms with van der Waals surface area (Å²) in [7, 11) is 1.67. The molecule has 30 heteroatoms. The maximum absolute atomic E-state index is 13.2. The van der Waals surface area contributed by atoms with E-state index in [-0.39, 0.29) is 141 Å². The molecule has 28 nitrogen and oxygen atoms in total. The van der Waals surface area contributed by atoms with Crippen LogP contribution in [0.2, 0.25) is 0 Å². The molecule has 0 bridgehead atoms. The molecular formula is C58H95N13O15S2. The van der Waals surface area contributed by atoms with Crippen LogP contribution in [-0.4, -0.2) is 243 Å². The molecular weight excluding hydrogens is 1180 g/mol. The summed E-state index contributed by atoms with van der Waals surface area (Å²) in [5.41, 5.74) is 0.348. The molecule has 1 aromatic rings. The van der Waals surface area contributed by atoms with Crippen LogP contribution in [0.5, 0.6) is 0 Å². The first-order chi connectivity index (χ1) is 42.8. The highest BCUT2D eigenvalue weighted by Crippen LogP contribution is 2.34. The zero-order chi connectivity index (χ0) is 62.7. The Morgan fingerprint density at radius 1 is 0.443 bits per heavy atom. The molecule has 0 spiro atoms. The van der Waals surface area contributed by atoms with E-state index < -0.39 is 17.7 Å². The number of urea groups is 3. The fourth-order valence-corrected chi connectivity index (χ4v) is 14.0. The Balaban J connectivity index is 0.000000620. The van der Waals surface area contributed by atoms with Gasteiger partial charge in [0, 0.05) is 117 Å². The molecule has 6 aliphatic rings. The molecule has 0 radical (unpaired) electrons. The molecule has 6 aliphatic heterocycles. The quantitative estimate of drug-likeness (QED) is 0.0302. The highest BCUT2D eigenvalue weighted by Gasteiger charge is 2.44. The van der Waals surface area contributed by atoms with Gasteiger partial charge in [0.25, 0.3) is 17.7 Å². The smallest absolute Gasteiger partial charge is 0.315 e. The molecule has 6 fully saturated rings. The van der Waals surface area contributed by atoms with Crippen LogP contribution in [0.3, 0.4) is 0 Å². The van der Waals surface area contributed by atoms with Gasteiger partial charge >= 0.3 is 18.1 Å². The van der Waals surface area contributed by atoms with E-state index in [2.05, 4.69) is 69.1 Å². The van der Waals surface area contributed by atoms with Crippen molar-refractivity contribution in [3.63, 3.8) is 0 Å². The van der Waals surface area contributed by atoms with E-state index in [4.69, 9.17) is 28.4 Å². The van der Waals surface area contributed by atoms with Gasteiger partial charge in [-0.15, -0.1) is 0 Å². The third-order valence-corrected chi connectivity index (χ3v) is 18.5. The summed E-state index contributed by atoms with van der Waals surface area (Å²) in [6.07, 6.45) is 9.69. The Morgan fingerprint density at radius 3 is 1.22 bits per heavy atom. The molecule has 7 rings (SSSR count). The number of ether oxygens (including phenoxy) is 6. The topological polar surface area (TPSA) is 365 Å². The third kappa shape index (κ3) is 26.0. The lowest BCUT2D eigenvalue weighted by Gasteiger charge is -2.17. The molecule has 6 heterocycles. The fourth-order valence-electron chi connectivity index (χ4n) is 10.9. The lowest BCUT2D eigenvalue weighted by atomic mass is 10.0. The SMILES string of the molecule is CCOCCOCCNC(=O)c1cc(C(=O)NCCOCCOCCNC(=O)CCCCC2NCC3NC(=O)NC23)cc(C(=O)NCCOCCOCCNC(=O)CCCCC2SCC3NC(=O)NC32)c1.CNC(=O)CCCCC1SCC2NC(=O)NC21. The number of unbranched alkanes of at least 4 members (excludes halogenated alkanes) is 3. The maximum Gasteiger partial charge on any atom is 0.315 e. The van der Waals surface area contributed by atoms with Gasteiger partial charge in [-0.1, -0.05) is 19.3 Å². The minimum absolute atomic E-state index is 0.0259. The van der Waals surface area contributed by atoms with Gasteiger partial charge in [-0.3, -0.25) is 28.8 Å². The van der Waals surface area contributed by atoms with Crippen LogP contribution in [0, 0.1) is 0 Å². The van der Waals surface area contributed by atoms with Crippen molar-refractivity contribution in [2.24, 2.45) is 0 Å². The third-order valence-electron chi connectivity index (χ3n) is 15.5. The van der Waals surface area contributed by atoms with Crippen LogP contribution in [-0.2, 0) is 42.8 Å². The van der Waals surface area contributed by atoms with Crippen molar-refractivity contribution < 1.29 is 71.6 Å². The van der Waals surface area contributed by atoms with Gasteiger partial charge in [0.15, 0.2) is 0 Å². The maximum atomic E-state index is 13.2. The van der Waals surface area contributed by atoms with E-state index >= 15 is 0 Å². The molecule has 9 unspecified atom stereocenters. The molecule has 0 aliphatic carbocycles. The second-order valence-electron chi connectivity index (χ2n) is 21.9. The summed E-state index contributed by atoms with van der Waals surface area (Å²) < 4.78 is 33.0. The Hall–Kier alpha value is -5.73. The predicted octanol–water partition coefficient (Wildman–Crippen LogP) is -0.00590. The van der Waals surface area contributed by atoms with Crippen LogP contribution in [0.4, 0.5) is 14.4 Å². The summed E-state index contributed by atoms with van der Waals surface area (Å²) in [6.45, 7) is 7.77. The van der Waals surface area contributed by atoms with E-state index in [1.54, 1.807) is 7.05 Å². The second-order valence-corrected chi connectivity index (χ2v) is 24.5. The number of hydrogen-bond acceptors (Lipinski definition) is 18. The summed E-state index contributed by atoms with van der Waals surface area (Å²) in [6, 6.07) is 5.41. The van der Waals surface area contributed by atoms with Crippen molar-refractivity contribution in [1.29, 1.82) is 0 Å². The summed E-state index contributed by atoms with van der Waals surface area (Å²) in [4.78, 5) is 109. The number of nitrogens with one attached hydrogen (secondary N) is 13. The zero-order valence-corrected chi connectivity index (χ0v) is 52.6. The Morgan fingerprint density at radius 2 is 0.807 bits per heavy atom. The van der Waals surface area contributed by atoms with Crippen LogP contribution in [0.1, 0.15) is 115 Å². The van der Waals surface area contributed by atoms with E-state index in [1.165, 1.54) is 18.2 Å². The van der Waals surface area contributed by atoms with Gasteiger partial charge in [0.05, 0.1) is 109 Å². The summed E-state index contributed by atoms with van der Waals surface area (Å²) in [5, 5.41) is 38.6. The van der Waals surface area contributed by atoms with E-state index in [0.29, 0.717) is 95.1 Å². The number of thioether (sulfide) groups is 2. The van der Waals surface area contributed by atoms with E-state index in [9.17, 15) is 43.2 Å². The van der Waals surface area contributed by atoms with Crippen molar-refractivity contribution in [1.82, 2.24) is 69.1 Å². The highest BCUT2D eigenvalue weighted by atomic mass is 32.2. The number of carbonyl (C=O) groups excluding carboxylic acids is 9. The first-order valence-corrected chi connectivity index (χ1v) is 33.3. The lowest BCUT2D eigenvalue weighted by molar-refractivity contribution is -0.122. The van der Waals surface area contributed by atoms with Gasteiger partial charge in [-0.2, -0.15) is 23.5 Å². The first kappa shape index (κ1) is 71.3. The molecule has 6 saturated heterocycles. The molecule has 12 amide bonds. The Bertz CT molecular complexity index is 2280. The van der Waals surface area contributed by atoms with Crippen LogP contribution >= 0.6 is 23.5 Å². The standard InChI is InChI=1S/C47H76N10O13S.C11H19N3O2S/c1-2-65-21-22-68-18-13-50-43(60)32-27-33(44(61)51-14-19-69-25-23-66-16-11-48-39(58)9-5-3-7-35-41-36(30-53-35)54-46(63)56-41)29-34(28-32)45(62)52-15-20-70-26-24-67-17-12-49-40(59)10-6-4-8-38-42-37(31-71-38)55-47(64)57-42;1-12-9(15)5-3-2-4-8-10-7(6-17-8)13-11(16)14-10/h27-29,35-38,41-42,53H,2-26,30-31H2,1H3,(H,48,58)(H,49,59)(H,50,60)(H,51,61)(H,52,62)(H2,54,56,63)(H2,55,57,64);7-8,10H,2-6H2,1H3,(H,12,15)(H2,13,14,16). The van der Waals surface area contributed by atoms with Crippen molar-refractivity contribution in [2.45, 2.75) is 137 Å². The van der Waals surface area contributed by atoms with Crippen LogP contribution < -0.4 is 69.1 Å². The van der Waals surface area contributed by atoms with E-state index in [1.807, 2.05) is 30.4 Å². The van der Waals surface area contributed by atoms with Gasteiger partial charge in [-0.05, 0) is 63.6 Å². The number of amides is 12. The normalized spacial score (nSPS) is 22.7. The Labute approximate surface area is 524 Å². The van der Waals surface area contributed by atoms with Crippen molar-refractivity contribution in [3.8, 4) is 0 Å². The van der Waals surface area contributed by atoms with Gasteiger partial charge < -0.3 is 97.5 Å². The molecule has 88 heavy (non-hydrogen) atoms. The highest BCUT2D eigenvalue weighted by molar-refractivity contribution is 8.00. The molecule has 0 saturated carbocycles. The average molecular weight is 1280 g/mol. The summed E-state index contributed by atoms with van der Waals surface area (Å²) >= 11 is 3.79. The largest absolute Gasteiger partial charge is 0.379 e. The Kier molecular flexibility index (Phi) is 33.1. The van der Waals surface area contributed by atoms with Crippen LogP contribution in [0.25, 0.3) is 0 Å². The number of fused-ring (bicyclic) bond motifs is 3. The van der Waals surface area contributed by atoms with Gasteiger partial charge in [-0.25, -0.2) is 14.4 Å². The number of carbonyl (C=O) groups is 9. The number of benzene rings is 1. The van der Waals surface area contributed by atoms with Crippen molar-refractivity contribution in [3.05, 3.63) is 34.9 Å². The number of hydrogen-bond donors (Lipinski definition) is 13. The van der Waals surface area contributed by atoms with Crippen LogP contribution in [0.15, 0.2) is 18.2 Å². The lowest BCUT2D eigenvalue weighted by Crippen LogP contribution is -2.40. The first-order valence-electron chi connectivity index (χ1n) is 31.2. The molecule has 13 N–H and O–H groups in total. The minimum Gasteiger partial charge on any atom is -0.379 e. The van der Waals surface area contributed by atoms with E-state index in [0.717, 1.165) is 75.8 Å². The predicted molar refractivity (Wildman–Crippen MR) is 332 cm³/mol. The summed E-state index contributed by atoms with van der Waals surface area (Å²) in [5.74, 6) is 0.491. The molecule has 9 atom stereocenters. The molecule has 494 valence electrons. The average Bonchev–Trinajstić information content (AvgIpc) is 4.41. The zero-order valence-electron chi connectivity index (χ0n) is 51.0. The van der Waals surface area contributed by atoms with Crippen molar-refractivity contribution in [2.75, 3.05) is 137 Å². The monoisotopic (exact) mass is 1280 g/mol. The minimum atomic E-state index is -0.498. The second kappa shape index (κ2) is 40.8. The molecule has 1 aromatic carbocycles. The molecule has 0 aromatic heterocycles. The number of rotatable bonds is 43.